The molecule has 2 amide bonds. The predicted molar refractivity (Wildman–Crippen MR) is 55.5 cm³/mol. The summed E-state index contributed by atoms with van der Waals surface area (Å²) >= 11 is 5.66. The number of benzene rings is 1. The van der Waals surface area contributed by atoms with Crippen LogP contribution >= 0.6 is 11.6 Å². The Balaban J connectivity index is 2.76. The standard InChI is InChI=1S/C8H9ClN4O/c9-5-1-3-6(4-2-5)12-7(10)13-8(11)14/h1-4H,(H5,10,11,12,13,14). The molecule has 0 aliphatic rings. The Morgan fingerprint density at radius 2 is 1.86 bits per heavy atom. The lowest BCUT2D eigenvalue weighted by Crippen LogP contribution is -2.39. The van der Waals surface area contributed by atoms with E-state index in [1.165, 1.54) is 0 Å². The number of nitrogens with zero attached hydrogens (tertiary/aromatic N) is 1. The number of carbonyl (C=O) groups is 1. The van der Waals surface area contributed by atoms with Crippen LogP contribution < -0.4 is 16.8 Å². The van der Waals surface area contributed by atoms with Gasteiger partial charge in [-0.2, -0.15) is 0 Å². The van der Waals surface area contributed by atoms with Gasteiger partial charge in [-0.3, -0.25) is 5.32 Å². The fourth-order valence-corrected chi connectivity index (χ4v) is 0.935. The van der Waals surface area contributed by atoms with Crippen molar-refractivity contribution in [2.45, 2.75) is 0 Å². The van der Waals surface area contributed by atoms with Crippen LogP contribution in [0.25, 0.3) is 0 Å². The van der Waals surface area contributed by atoms with Crippen molar-refractivity contribution in [2.75, 3.05) is 0 Å². The third-order valence-electron chi connectivity index (χ3n) is 1.33. The Hall–Kier alpha value is -1.75. The molecule has 0 spiro atoms. The van der Waals surface area contributed by atoms with Gasteiger partial charge in [-0.25, -0.2) is 9.79 Å². The van der Waals surface area contributed by atoms with Gasteiger partial charge in [0.05, 0.1) is 5.69 Å². The fourth-order valence-electron chi connectivity index (χ4n) is 0.809. The van der Waals surface area contributed by atoms with Gasteiger partial charge in [0.1, 0.15) is 0 Å². The van der Waals surface area contributed by atoms with E-state index in [2.05, 4.69) is 10.3 Å². The molecule has 0 saturated heterocycles. The van der Waals surface area contributed by atoms with E-state index in [9.17, 15) is 4.79 Å². The van der Waals surface area contributed by atoms with Crippen LogP contribution in [-0.2, 0) is 0 Å². The second-order valence-electron chi connectivity index (χ2n) is 2.46. The first-order valence-corrected chi connectivity index (χ1v) is 4.12. The Kier molecular flexibility index (Phi) is 3.30. The lowest BCUT2D eigenvalue weighted by atomic mass is 10.3. The molecule has 1 aromatic carbocycles. The van der Waals surface area contributed by atoms with Crippen molar-refractivity contribution in [3.8, 4) is 0 Å². The monoisotopic (exact) mass is 212 g/mol. The van der Waals surface area contributed by atoms with Crippen molar-refractivity contribution in [1.29, 1.82) is 0 Å². The molecule has 5 N–H and O–H groups in total. The molecular formula is C8H9ClN4O. The van der Waals surface area contributed by atoms with E-state index in [0.29, 0.717) is 10.7 Å². The van der Waals surface area contributed by atoms with Gasteiger partial charge in [-0.05, 0) is 24.3 Å². The van der Waals surface area contributed by atoms with Crippen molar-refractivity contribution in [3.05, 3.63) is 29.3 Å². The summed E-state index contributed by atoms with van der Waals surface area (Å²) in [5.41, 5.74) is 10.8. The second kappa shape index (κ2) is 4.48. The van der Waals surface area contributed by atoms with Gasteiger partial charge in [0, 0.05) is 5.02 Å². The van der Waals surface area contributed by atoms with Gasteiger partial charge in [0.15, 0.2) is 0 Å². The van der Waals surface area contributed by atoms with E-state index in [0.717, 1.165) is 0 Å². The molecule has 1 rings (SSSR count). The van der Waals surface area contributed by atoms with Crippen molar-refractivity contribution in [1.82, 2.24) is 5.32 Å². The molecule has 74 valence electrons. The zero-order valence-corrected chi connectivity index (χ0v) is 7.95. The Morgan fingerprint density at radius 1 is 1.29 bits per heavy atom. The maximum absolute atomic E-state index is 10.4. The van der Waals surface area contributed by atoms with Crippen LogP contribution in [0.1, 0.15) is 0 Å². The van der Waals surface area contributed by atoms with E-state index < -0.39 is 6.03 Å². The third-order valence-corrected chi connectivity index (χ3v) is 1.58. The number of urea groups is 1. The lowest BCUT2D eigenvalue weighted by molar-refractivity contribution is 0.253. The summed E-state index contributed by atoms with van der Waals surface area (Å²) in [4.78, 5) is 14.2. The van der Waals surface area contributed by atoms with Crippen molar-refractivity contribution >= 4 is 29.3 Å². The molecule has 14 heavy (non-hydrogen) atoms. The van der Waals surface area contributed by atoms with E-state index in [1.807, 2.05) is 0 Å². The quantitative estimate of drug-likeness (QED) is 0.478. The summed E-state index contributed by atoms with van der Waals surface area (Å²) in [7, 11) is 0. The number of halogens is 1. The van der Waals surface area contributed by atoms with Crippen molar-refractivity contribution in [3.63, 3.8) is 0 Å². The van der Waals surface area contributed by atoms with Gasteiger partial charge in [0.2, 0.25) is 5.96 Å². The van der Waals surface area contributed by atoms with E-state index in [1.54, 1.807) is 24.3 Å². The van der Waals surface area contributed by atoms with Gasteiger partial charge < -0.3 is 11.5 Å². The highest BCUT2D eigenvalue weighted by atomic mass is 35.5. The predicted octanol–water partition coefficient (Wildman–Crippen LogP) is 0.955. The average Bonchev–Trinajstić information content (AvgIpc) is 2.07. The van der Waals surface area contributed by atoms with E-state index in [4.69, 9.17) is 23.1 Å². The zero-order chi connectivity index (χ0) is 10.6. The van der Waals surface area contributed by atoms with Gasteiger partial charge in [0.25, 0.3) is 0 Å². The highest BCUT2D eigenvalue weighted by Crippen LogP contribution is 2.15. The molecule has 1 aromatic rings. The SMILES string of the molecule is NC(=O)NC(N)=Nc1ccc(Cl)cc1. The number of hydrogen-bond acceptors (Lipinski definition) is 2. The summed E-state index contributed by atoms with van der Waals surface area (Å²) < 4.78 is 0. The number of primary amides is 1. The molecule has 0 heterocycles. The van der Waals surface area contributed by atoms with Crippen LogP contribution in [0, 0.1) is 0 Å². The first-order valence-electron chi connectivity index (χ1n) is 3.74. The van der Waals surface area contributed by atoms with Crippen LogP contribution in [0.15, 0.2) is 29.3 Å². The maximum atomic E-state index is 10.4. The summed E-state index contributed by atoms with van der Waals surface area (Å²) in [6, 6.07) is 5.91. The molecule has 0 unspecified atom stereocenters. The van der Waals surface area contributed by atoms with E-state index >= 15 is 0 Å². The summed E-state index contributed by atoms with van der Waals surface area (Å²) in [6.07, 6.45) is 0. The minimum Gasteiger partial charge on any atom is -0.369 e. The molecule has 5 nitrogen and oxygen atoms in total. The topological polar surface area (TPSA) is 93.5 Å². The normalized spacial score (nSPS) is 11.1. The maximum Gasteiger partial charge on any atom is 0.318 e. The minimum atomic E-state index is -0.750. The zero-order valence-electron chi connectivity index (χ0n) is 7.20. The van der Waals surface area contributed by atoms with Crippen LogP contribution in [0.2, 0.25) is 5.02 Å². The first kappa shape index (κ1) is 10.3. The molecule has 0 aliphatic carbocycles. The highest BCUT2D eigenvalue weighted by Gasteiger charge is 1.96. The largest absolute Gasteiger partial charge is 0.369 e. The van der Waals surface area contributed by atoms with E-state index in [-0.39, 0.29) is 5.96 Å². The van der Waals surface area contributed by atoms with Gasteiger partial charge in [-0.15, -0.1) is 0 Å². The Labute approximate surface area is 85.8 Å². The lowest BCUT2D eigenvalue weighted by Gasteiger charge is -1.99. The number of aliphatic imine (C=N–C) groups is 1. The molecule has 0 saturated carbocycles. The summed E-state index contributed by atoms with van der Waals surface area (Å²) in [6.45, 7) is 0. The summed E-state index contributed by atoms with van der Waals surface area (Å²) in [5, 5.41) is 2.74. The minimum absolute atomic E-state index is 0.0557. The van der Waals surface area contributed by atoms with Crippen molar-refractivity contribution in [2.24, 2.45) is 16.5 Å². The molecule has 0 aromatic heterocycles. The number of nitrogens with two attached hydrogens (primary N) is 2. The van der Waals surface area contributed by atoms with Crippen LogP contribution in [0.5, 0.6) is 0 Å². The van der Waals surface area contributed by atoms with Crippen LogP contribution in [-0.4, -0.2) is 12.0 Å². The molecular weight excluding hydrogens is 204 g/mol. The number of carbonyl (C=O) groups excluding carboxylic acids is 1. The molecule has 0 bridgehead atoms. The van der Waals surface area contributed by atoms with Gasteiger partial charge in [-0.1, -0.05) is 11.6 Å². The molecule has 0 fully saturated rings. The fraction of sp³-hybridized carbons (Fsp3) is 0. The Morgan fingerprint density at radius 3 is 2.36 bits per heavy atom. The van der Waals surface area contributed by atoms with Crippen LogP contribution in [0.3, 0.4) is 0 Å². The van der Waals surface area contributed by atoms with Gasteiger partial charge >= 0.3 is 6.03 Å². The molecule has 0 aliphatic heterocycles. The molecule has 0 atom stereocenters. The first-order chi connectivity index (χ1) is 6.58. The van der Waals surface area contributed by atoms with Crippen molar-refractivity contribution < 1.29 is 4.79 Å². The molecule has 6 heteroatoms. The average molecular weight is 213 g/mol. The highest BCUT2D eigenvalue weighted by molar-refractivity contribution is 6.30. The third kappa shape index (κ3) is 3.32. The number of guanidine groups is 1. The second-order valence-corrected chi connectivity index (χ2v) is 2.90. The number of nitrogens with one attached hydrogen (secondary N) is 1. The number of rotatable bonds is 1. The van der Waals surface area contributed by atoms with Crippen LogP contribution in [0.4, 0.5) is 10.5 Å². The summed E-state index contributed by atoms with van der Waals surface area (Å²) in [5.74, 6) is -0.0557. The Bertz CT molecular complexity index is 360. The smallest absolute Gasteiger partial charge is 0.318 e. The number of hydrogen-bond donors (Lipinski definition) is 3. The molecule has 0 radical (unpaired) electrons. The number of amides is 2.